The van der Waals surface area contributed by atoms with Crippen molar-refractivity contribution in [1.82, 2.24) is 5.32 Å². The standard InChI is InChI=1S/C14H16FNO3/c1-14(13(18)19)7-3-6-11(14)16-12(17)9-4-2-5-10(15)8-9/h2,4-5,8,11H,3,6-7H2,1H3,(H,16,17)(H,18,19). The van der Waals surface area contributed by atoms with Crippen molar-refractivity contribution in [3.05, 3.63) is 35.6 Å². The third kappa shape index (κ3) is 2.59. The molecule has 1 aromatic rings. The lowest BCUT2D eigenvalue weighted by Crippen LogP contribution is -2.47. The first-order valence-corrected chi connectivity index (χ1v) is 6.23. The highest BCUT2D eigenvalue weighted by Gasteiger charge is 2.45. The summed E-state index contributed by atoms with van der Waals surface area (Å²) >= 11 is 0. The normalized spacial score (nSPS) is 26.1. The maximum absolute atomic E-state index is 13.0. The number of carbonyl (C=O) groups is 2. The molecule has 1 aliphatic carbocycles. The van der Waals surface area contributed by atoms with Gasteiger partial charge in [0.15, 0.2) is 0 Å². The van der Waals surface area contributed by atoms with Crippen LogP contribution in [0.3, 0.4) is 0 Å². The lowest BCUT2D eigenvalue weighted by atomic mass is 9.85. The maximum Gasteiger partial charge on any atom is 0.311 e. The Morgan fingerprint density at radius 2 is 2.21 bits per heavy atom. The van der Waals surface area contributed by atoms with E-state index in [-0.39, 0.29) is 5.56 Å². The Balaban J connectivity index is 2.13. The van der Waals surface area contributed by atoms with Gasteiger partial charge in [-0.15, -0.1) is 0 Å². The van der Waals surface area contributed by atoms with E-state index in [9.17, 15) is 19.1 Å². The molecular formula is C14H16FNO3. The van der Waals surface area contributed by atoms with Gasteiger partial charge in [-0.1, -0.05) is 12.5 Å². The molecule has 1 fully saturated rings. The second-order valence-corrected chi connectivity index (χ2v) is 5.15. The number of hydrogen-bond donors (Lipinski definition) is 2. The van der Waals surface area contributed by atoms with Gasteiger partial charge in [0, 0.05) is 11.6 Å². The van der Waals surface area contributed by atoms with Crippen LogP contribution < -0.4 is 5.32 Å². The molecule has 102 valence electrons. The SMILES string of the molecule is CC1(C(=O)O)CCCC1NC(=O)c1cccc(F)c1. The van der Waals surface area contributed by atoms with Crippen LogP contribution in [0.4, 0.5) is 4.39 Å². The van der Waals surface area contributed by atoms with E-state index in [1.54, 1.807) is 6.92 Å². The predicted molar refractivity (Wildman–Crippen MR) is 67.2 cm³/mol. The molecular weight excluding hydrogens is 249 g/mol. The van der Waals surface area contributed by atoms with Gasteiger partial charge >= 0.3 is 5.97 Å². The monoisotopic (exact) mass is 265 g/mol. The fourth-order valence-electron chi connectivity index (χ4n) is 2.52. The Kier molecular flexibility index (Phi) is 3.55. The highest BCUT2D eigenvalue weighted by molar-refractivity contribution is 5.94. The summed E-state index contributed by atoms with van der Waals surface area (Å²) in [5, 5.41) is 12.0. The number of aliphatic carboxylic acids is 1. The summed E-state index contributed by atoms with van der Waals surface area (Å²) in [5.41, 5.74) is -0.733. The molecule has 19 heavy (non-hydrogen) atoms. The van der Waals surface area contributed by atoms with Crippen molar-refractivity contribution >= 4 is 11.9 Å². The predicted octanol–water partition coefficient (Wildman–Crippen LogP) is 2.20. The van der Waals surface area contributed by atoms with Crippen molar-refractivity contribution in [3.63, 3.8) is 0 Å². The molecule has 1 aromatic carbocycles. The average molecular weight is 265 g/mol. The summed E-state index contributed by atoms with van der Waals surface area (Å²) in [6.07, 6.45) is 1.93. The van der Waals surface area contributed by atoms with Crippen LogP contribution in [-0.2, 0) is 4.79 Å². The van der Waals surface area contributed by atoms with E-state index in [2.05, 4.69) is 5.32 Å². The second-order valence-electron chi connectivity index (χ2n) is 5.15. The zero-order valence-corrected chi connectivity index (χ0v) is 10.6. The number of hydrogen-bond acceptors (Lipinski definition) is 2. The molecule has 2 unspecified atom stereocenters. The van der Waals surface area contributed by atoms with Gasteiger partial charge < -0.3 is 10.4 Å². The first kappa shape index (κ1) is 13.5. The van der Waals surface area contributed by atoms with Crippen LogP contribution in [0.25, 0.3) is 0 Å². The molecule has 1 aliphatic rings. The van der Waals surface area contributed by atoms with Gasteiger partial charge in [-0.25, -0.2) is 4.39 Å². The lowest BCUT2D eigenvalue weighted by Gasteiger charge is -2.27. The number of carboxylic acid groups (broad SMARTS) is 1. The molecule has 0 aliphatic heterocycles. The Labute approximate surface area is 110 Å². The molecule has 0 bridgehead atoms. The molecule has 2 N–H and O–H groups in total. The molecule has 5 heteroatoms. The maximum atomic E-state index is 13.0. The Bertz CT molecular complexity index is 517. The molecule has 0 radical (unpaired) electrons. The largest absolute Gasteiger partial charge is 0.481 e. The first-order valence-electron chi connectivity index (χ1n) is 6.23. The summed E-state index contributed by atoms with van der Waals surface area (Å²) in [6.45, 7) is 1.64. The van der Waals surface area contributed by atoms with Gasteiger partial charge in [-0.3, -0.25) is 9.59 Å². The summed E-state index contributed by atoms with van der Waals surface area (Å²) in [5.74, 6) is -1.83. The molecule has 0 aromatic heterocycles. The summed E-state index contributed by atoms with van der Waals surface area (Å²) < 4.78 is 13.0. The Morgan fingerprint density at radius 1 is 1.47 bits per heavy atom. The number of benzene rings is 1. The lowest BCUT2D eigenvalue weighted by molar-refractivity contribution is -0.148. The van der Waals surface area contributed by atoms with Gasteiger partial charge in [-0.05, 0) is 38.0 Å². The molecule has 4 nitrogen and oxygen atoms in total. The zero-order valence-electron chi connectivity index (χ0n) is 10.6. The van der Waals surface area contributed by atoms with E-state index < -0.39 is 29.2 Å². The number of amides is 1. The van der Waals surface area contributed by atoms with Crippen LogP contribution in [0.2, 0.25) is 0 Å². The molecule has 0 spiro atoms. The number of nitrogens with one attached hydrogen (secondary N) is 1. The summed E-state index contributed by atoms with van der Waals surface area (Å²) in [6, 6.07) is 4.94. The Hall–Kier alpha value is -1.91. The van der Waals surface area contributed by atoms with E-state index in [1.807, 2.05) is 0 Å². The third-order valence-electron chi connectivity index (χ3n) is 3.84. The van der Waals surface area contributed by atoms with Gasteiger partial charge in [0.1, 0.15) is 5.82 Å². The molecule has 0 saturated heterocycles. The van der Waals surface area contributed by atoms with Gasteiger partial charge in [0.2, 0.25) is 0 Å². The first-order chi connectivity index (χ1) is 8.93. The number of halogens is 1. The smallest absolute Gasteiger partial charge is 0.311 e. The van der Waals surface area contributed by atoms with Crippen LogP contribution in [0.1, 0.15) is 36.5 Å². The van der Waals surface area contributed by atoms with Crippen LogP contribution in [-0.4, -0.2) is 23.0 Å². The van der Waals surface area contributed by atoms with Crippen LogP contribution in [0, 0.1) is 11.2 Å². The minimum atomic E-state index is -0.941. The second kappa shape index (κ2) is 4.99. The fraction of sp³-hybridized carbons (Fsp3) is 0.429. The van der Waals surface area contributed by atoms with Crippen LogP contribution in [0.5, 0.6) is 0 Å². The third-order valence-corrected chi connectivity index (χ3v) is 3.84. The molecule has 1 amide bonds. The number of rotatable bonds is 3. The minimum Gasteiger partial charge on any atom is -0.481 e. The molecule has 1 saturated carbocycles. The van der Waals surface area contributed by atoms with Crippen LogP contribution in [0.15, 0.2) is 24.3 Å². The van der Waals surface area contributed by atoms with Gasteiger partial charge in [0.05, 0.1) is 5.41 Å². The van der Waals surface area contributed by atoms with Crippen molar-refractivity contribution in [1.29, 1.82) is 0 Å². The summed E-state index contributed by atoms with van der Waals surface area (Å²) in [4.78, 5) is 23.3. The molecule has 2 atom stereocenters. The fourth-order valence-corrected chi connectivity index (χ4v) is 2.52. The highest BCUT2D eigenvalue weighted by atomic mass is 19.1. The van der Waals surface area contributed by atoms with E-state index >= 15 is 0 Å². The zero-order chi connectivity index (χ0) is 14.0. The van der Waals surface area contributed by atoms with Gasteiger partial charge in [-0.2, -0.15) is 0 Å². The van der Waals surface area contributed by atoms with E-state index in [1.165, 1.54) is 18.2 Å². The van der Waals surface area contributed by atoms with Crippen LogP contribution >= 0.6 is 0 Å². The number of carbonyl (C=O) groups excluding carboxylic acids is 1. The van der Waals surface area contributed by atoms with E-state index in [0.717, 1.165) is 12.5 Å². The van der Waals surface area contributed by atoms with Gasteiger partial charge in [0.25, 0.3) is 5.91 Å². The van der Waals surface area contributed by atoms with Crippen molar-refractivity contribution < 1.29 is 19.1 Å². The van der Waals surface area contributed by atoms with Crippen molar-refractivity contribution in [2.75, 3.05) is 0 Å². The van der Waals surface area contributed by atoms with E-state index in [0.29, 0.717) is 12.8 Å². The highest BCUT2D eigenvalue weighted by Crippen LogP contribution is 2.38. The van der Waals surface area contributed by atoms with Crippen molar-refractivity contribution in [2.45, 2.75) is 32.2 Å². The topological polar surface area (TPSA) is 66.4 Å². The summed E-state index contributed by atoms with van der Waals surface area (Å²) in [7, 11) is 0. The minimum absolute atomic E-state index is 0.208. The van der Waals surface area contributed by atoms with Crippen molar-refractivity contribution in [2.24, 2.45) is 5.41 Å². The Morgan fingerprint density at radius 3 is 2.84 bits per heavy atom. The molecule has 2 rings (SSSR count). The molecule has 0 heterocycles. The average Bonchev–Trinajstić information content (AvgIpc) is 2.72. The van der Waals surface area contributed by atoms with E-state index in [4.69, 9.17) is 0 Å². The quantitative estimate of drug-likeness (QED) is 0.880. The van der Waals surface area contributed by atoms with Crippen molar-refractivity contribution in [3.8, 4) is 0 Å². The number of carboxylic acids is 1.